The Kier molecular flexibility index (Phi) is 1.62. The molecular formula is C11H10O2. The van der Waals surface area contributed by atoms with E-state index >= 15 is 0 Å². The van der Waals surface area contributed by atoms with Crippen molar-refractivity contribution in [2.45, 2.75) is 6.92 Å². The summed E-state index contributed by atoms with van der Waals surface area (Å²) in [4.78, 5) is 0. The monoisotopic (exact) mass is 174 g/mol. The van der Waals surface area contributed by atoms with Crippen molar-refractivity contribution in [3.8, 4) is 11.5 Å². The second kappa shape index (κ2) is 2.66. The SMILES string of the molecule is Cc1c(O)cc(O)c2ccccc12. The van der Waals surface area contributed by atoms with Gasteiger partial charge in [-0.25, -0.2) is 0 Å². The average Bonchev–Trinajstić information content (AvgIpc) is 2.15. The van der Waals surface area contributed by atoms with Gasteiger partial charge < -0.3 is 10.2 Å². The fourth-order valence-electron chi connectivity index (χ4n) is 1.49. The standard InChI is InChI=1S/C11H10O2/c1-7-8-4-2-3-5-9(8)11(13)6-10(7)12/h2-6,12-13H,1H3. The molecule has 0 aliphatic rings. The number of phenols is 2. The molecule has 2 rings (SSSR count). The molecule has 2 N–H and O–H groups in total. The molecule has 0 spiro atoms. The number of hydrogen-bond donors (Lipinski definition) is 2. The fourth-order valence-corrected chi connectivity index (χ4v) is 1.49. The van der Waals surface area contributed by atoms with Crippen molar-refractivity contribution < 1.29 is 10.2 Å². The maximum Gasteiger partial charge on any atom is 0.127 e. The van der Waals surface area contributed by atoms with Gasteiger partial charge in [-0.15, -0.1) is 0 Å². The number of hydrogen-bond acceptors (Lipinski definition) is 2. The minimum Gasteiger partial charge on any atom is -0.508 e. The summed E-state index contributed by atoms with van der Waals surface area (Å²) in [6.45, 7) is 1.83. The zero-order valence-corrected chi connectivity index (χ0v) is 7.28. The van der Waals surface area contributed by atoms with E-state index in [2.05, 4.69) is 0 Å². The molecule has 0 aliphatic heterocycles. The number of phenolic OH excluding ortho intramolecular Hbond substituents is 2. The highest BCUT2D eigenvalue weighted by atomic mass is 16.3. The normalized spacial score (nSPS) is 10.5. The molecule has 0 saturated carbocycles. The lowest BCUT2D eigenvalue weighted by Gasteiger charge is -2.05. The Balaban J connectivity index is 2.97. The number of fused-ring (bicyclic) bond motifs is 1. The fraction of sp³-hybridized carbons (Fsp3) is 0.0909. The van der Waals surface area contributed by atoms with E-state index in [4.69, 9.17) is 0 Å². The zero-order valence-electron chi connectivity index (χ0n) is 7.28. The van der Waals surface area contributed by atoms with Crippen LogP contribution in [0.15, 0.2) is 30.3 Å². The molecule has 0 aliphatic carbocycles. The van der Waals surface area contributed by atoms with E-state index in [-0.39, 0.29) is 11.5 Å². The van der Waals surface area contributed by atoms with Crippen LogP contribution in [0.2, 0.25) is 0 Å². The van der Waals surface area contributed by atoms with E-state index in [1.807, 2.05) is 31.2 Å². The Morgan fingerprint density at radius 1 is 0.923 bits per heavy atom. The lowest BCUT2D eigenvalue weighted by atomic mass is 10.0. The van der Waals surface area contributed by atoms with Gasteiger partial charge in [0.2, 0.25) is 0 Å². The minimum absolute atomic E-state index is 0.124. The molecule has 0 aromatic heterocycles. The molecule has 0 fully saturated rings. The van der Waals surface area contributed by atoms with E-state index in [9.17, 15) is 10.2 Å². The van der Waals surface area contributed by atoms with E-state index in [0.717, 1.165) is 16.3 Å². The van der Waals surface area contributed by atoms with Gasteiger partial charge in [0.25, 0.3) is 0 Å². The maximum absolute atomic E-state index is 9.52. The van der Waals surface area contributed by atoms with Crippen LogP contribution in [0.5, 0.6) is 11.5 Å². The molecule has 13 heavy (non-hydrogen) atoms. The molecule has 2 aromatic carbocycles. The Labute approximate surface area is 76.1 Å². The minimum atomic E-state index is 0.124. The first-order valence-corrected chi connectivity index (χ1v) is 4.10. The van der Waals surface area contributed by atoms with Crippen molar-refractivity contribution in [3.63, 3.8) is 0 Å². The van der Waals surface area contributed by atoms with Gasteiger partial charge in [-0.1, -0.05) is 24.3 Å². The van der Waals surface area contributed by atoms with Gasteiger partial charge in [0.1, 0.15) is 11.5 Å². The first-order valence-electron chi connectivity index (χ1n) is 4.10. The van der Waals surface area contributed by atoms with Crippen LogP contribution in [-0.4, -0.2) is 10.2 Å². The van der Waals surface area contributed by atoms with Crippen LogP contribution in [0.3, 0.4) is 0 Å². The van der Waals surface area contributed by atoms with Gasteiger partial charge >= 0.3 is 0 Å². The average molecular weight is 174 g/mol. The van der Waals surface area contributed by atoms with Crippen molar-refractivity contribution >= 4 is 10.8 Å². The molecule has 0 unspecified atom stereocenters. The first kappa shape index (κ1) is 7.92. The lowest BCUT2D eigenvalue weighted by molar-refractivity contribution is 0.452. The summed E-state index contributed by atoms with van der Waals surface area (Å²) in [6, 6.07) is 8.83. The number of aryl methyl sites for hydroxylation is 1. The van der Waals surface area contributed by atoms with E-state index in [0.29, 0.717) is 0 Å². The third-order valence-electron chi connectivity index (χ3n) is 2.26. The Hall–Kier alpha value is -1.70. The largest absolute Gasteiger partial charge is 0.508 e. The van der Waals surface area contributed by atoms with Crippen LogP contribution in [0.4, 0.5) is 0 Å². The predicted molar refractivity (Wildman–Crippen MR) is 52.0 cm³/mol. The highest BCUT2D eigenvalue weighted by Crippen LogP contribution is 2.33. The number of benzene rings is 2. The van der Waals surface area contributed by atoms with Crippen molar-refractivity contribution in [3.05, 3.63) is 35.9 Å². The molecule has 2 nitrogen and oxygen atoms in total. The molecule has 0 radical (unpaired) electrons. The van der Waals surface area contributed by atoms with Crippen LogP contribution in [-0.2, 0) is 0 Å². The summed E-state index contributed by atoms with van der Waals surface area (Å²) >= 11 is 0. The zero-order chi connectivity index (χ0) is 9.42. The summed E-state index contributed by atoms with van der Waals surface area (Å²) in [5.74, 6) is 0.259. The molecule has 0 atom stereocenters. The molecule has 0 heterocycles. The van der Waals surface area contributed by atoms with Crippen LogP contribution in [0, 0.1) is 6.92 Å². The quantitative estimate of drug-likeness (QED) is 0.644. The molecule has 66 valence electrons. The molecule has 2 aromatic rings. The maximum atomic E-state index is 9.52. The van der Waals surface area contributed by atoms with Gasteiger partial charge in [-0.2, -0.15) is 0 Å². The molecular weight excluding hydrogens is 164 g/mol. The Bertz CT molecular complexity index is 461. The molecule has 0 amide bonds. The van der Waals surface area contributed by atoms with E-state index in [1.165, 1.54) is 6.07 Å². The topological polar surface area (TPSA) is 40.5 Å². The van der Waals surface area contributed by atoms with Gasteiger partial charge in [0.05, 0.1) is 0 Å². The van der Waals surface area contributed by atoms with Crippen molar-refractivity contribution in [2.75, 3.05) is 0 Å². The van der Waals surface area contributed by atoms with Crippen molar-refractivity contribution in [2.24, 2.45) is 0 Å². The molecule has 0 saturated heterocycles. The molecule has 0 bridgehead atoms. The van der Waals surface area contributed by atoms with Gasteiger partial charge in [0, 0.05) is 11.5 Å². The van der Waals surface area contributed by atoms with E-state index in [1.54, 1.807) is 0 Å². The second-order valence-corrected chi connectivity index (χ2v) is 3.09. The Morgan fingerprint density at radius 2 is 1.54 bits per heavy atom. The predicted octanol–water partition coefficient (Wildman–Crippen LogP) is 2.56. The molecule has 2 heteroatoms. The van der Waals surface area contributed by atoms with Crippen molar-refractivity contribution in [1.29, 1.82) is 0 Å². The summed E-state index contributed by atoms with van der Waals surface area (Å²) < 4.78 is 0. The summed E-state index contributed by atoms with van der Waals surface area (Å²) in [7, 11) is 0. The summed E-state index contributed by atoms with van der Waals surface area (Å²) in [6.07, 6.45) is 0. The Morgan fingerprint density at radius 3 is 2.23 bits per heavy atom. The van der Waals surface area contributed by atoms with Gasteiger partial charge in [0.15, 0.2) is 0 Å². The number of aromatic hydroxyl groups is 2. The number of rotatable bonds is 0. The van der Waals surface area contributed by atoms with Crippen molar-refractivity contribution in [1.82, 2.24) is 0 Å². The highest BCUT2D eigenvalue weighted by molar-refractivity contribution is 5.92. The summed E-state index contributed by atoms with van der Waals surface area (Å²) in [5, 5.41) is 20.6. The summed E-state index contributed by atoms with van der Waals surface area (Å²) in [5.41, 5.74) is 0.799. The van der Waals surface area contributed by atoms with Crippen LogP contribution >= 0.6 is 0 Å². The van der Waals surface area contributed by atoms with Crippen LogP contribution in [0.1, 0.15) is 5.56 Å². The van der Waals surface area contributed by atoms with E-state index < -0.39 is 0 Å². The van der Waals surface area contributed by atoms with Gasteiger partial charge in [-0.3, -0.25) is 0 Å². The third-order valence-corrected chi connectivity index (χ3v) is 2.26. The lowest BCUT2D eigenvalue weighted by Crippen LogP contribution is -1.80. The third kappa shape index (κ3) is 1.11. The van der Waals surface area contributed by atoms with Gasteiger partial charge in [-0.05, 0) is 17.9 Å². The smallest absolute Gasteiger partial charge is 0.127 e. The second-order valence-electron chi connectivity index (χ2n) is 3.09. The van der Waals surface area contributed by atoms with Crippen LogP contribution in [0.25, 0.3) is 10.8 Å². The van der Waals surface area contributed by atoms with Crippen LogP contribution < -0.4 is 0 Å². The first-order chi connectivity index (χ1) is 6.20. The highest BCUT2D eigenvalue weighted by Gasteiger charge is 2.05.